The van der Waals surface area contributed by atoms with Crippen molar-refractivity contribution in [3.63, 3.8) is 0 Å². The first kappa shape index (κ1) is 15.1. The van der Waals surface area contributed by atoms with Crippen molar-refractivity contribution in [2.75, 3.05) is 13.2 Å². The van der Waals surface area contributed by atoms with Gasteiger partial charge >= 0.3 is 0 Å². The van der Waals surface area contributed by atoms with Crippen molar-refractivity contribution in [2.24, 2.45) is 0 Å². The zero-order valence-electron chi connectivity index (χ0n) is 11.9. The van der Waals surface area contributed by atoms with Crippen LogP contribution in [0.2, 0.25) is 0 Å². The highest BCUT2D eigenvalue weighted by atomic mass is 16.5. The van der Waals surface area contributed by atoms with Gasteiger partial charge in [0, 0.05) is 12.6 Å². The highest BCUT2D eigenvalue weighted by Crippen LogP contribution is 2.21. The Morgan fingerprint density at radius 3 is 2.72 bits per heavy atom. The molecule has 0 aliphatic rings. The second-order valence-corrected chi connectivity index (χ2v) is 4.44. The van der Waals surface area contributed by atoms with Gasteiger partial charge in [0.2, 0.25) is 5.89 Å². The maximum absolute atomic E-state index is 5.33. The molecule has 0 bridgehead atoms. The minimum absolute atomic E-state index is 0.263. The molecule has 1 aromatic rings. The van der Waals surface area contributed by atoms with Crippen LogP contribution in [0.4, 0.5) is 0 Å². The van der Waals surface area contributed by atoms with Crippen LogP contribution in [0, 0.1) is 0 Å². The first-order chi connectivity index (χ1) is 8.72. The molecule has 0 saturated heterocycles. The molecule has 0 aromatic carbocycles. The van der Waals surface area contributed by atoms with Gasteiger partial charge in [0.15, 0.2) is 5.82 Å². The fourth-order valence-electron chi connectivity index (χ4n) is 1.93. The molecule has 1 aromatic heterocycles. The summed E-state index contributed by atoms with van der Waals surface area (Å²) in [4.78, 5) is 4.41. The molecule has 5 heteroatoms. The third-order valence-electron chi connectivity index (χ3n) is 3.00. The lowest BCUT2D eigenvalue weighted by Crippen LogP contribution is -2.32. The van der Waals surface area contributed by atoms with E-state index in [1.807, 2.05) is 6.92 Å². The Morgan fingerprint density at radius 1 is 1.33 bits per heavy atom. The van der Waals surface area contributed by atoms with Crippen LogP contribution in [0.15, 0.2) is 4.52 Å². The van der Waals surface area contributed by atoms with Crippen molar-refractivity contribution >= 4 is 0 Å². The first-order valence-corrected chi connectivity index (χ1v) is 6.86. The number of aromatic nitrogens is 2. The van der Waals surface area contributed by atoms with Crippen molar-refractivity contribution in [1.82, 2.24) is 15.5 Å². The average molecular weight is 255 g/mol. The Morgan fingerprint density at radius 2 is 2.11 bits per heavy atom. The molecule has 18 heavy (non-hydrogen) atoms. The first-order valence-electron chi connectivity index (χ1n) is 6.86. The number of hydrogen-bond acceptors (Lipinski definition) is 5. The molecule has 1 N–H and O–H groups in total. The zero-order valence-corrected chi connectivity index (χ0v) is 11.9. The van der Waals surface area contributed by atoms with Crippen LogP contribution < -0.4 is 5.32 Å². The van der Waals surface area contributed by atoms with Crippen molar-refractivity contribution in [2.45, 2.75) is 59.1 Å². The molecule has 104 valence electrons. The molecule has 0 radical (unpaired) electrons. The van der Waals surface area contributed by atoms with Crippen LogP contribution in [0.1, 0.15) is 58.2 Å². The van der Waals surface area contributed by atoms with Gasteiger partial charge in [-0.05, 0) is 33.2 Å². The van der Waals surface area contributed by atoms with Gasteiger partial charge in [-0.2, -0.15) is 4.98 Å². The van der Waals surface area contributed by atoms with E-state index in [1.165, 1.54) is 0 Å². The SMILES string of the molecule is CCCNC(C)C(CC)c1nc(COCC)no1. The molecule has 1 rings (SSSR count). The number of nitrogens with zero attached hydrogens (tertiary/aromatic N) is 2. The summed E-state index contributed by atoms with van der Waals surface area (Å²) >= 11 is 0. The van der Waals surface area contributed by atoms with Gasteiger partial charge in [0.05, 0.1) is 5.92 Å². The quantitative estimate of drug-likeness (QED) is 0.734. The Balaban J connectivity index is 2.60. The van der Waals surface area contributed by atoms with Crippen molar-refractivity contribution in [3.05, 3.63) is 11.7 Å². The smallest absolute Gasteiger partial charge is 0.231 e. The zero-order chi connectivity index (χ0) is 13.4. The van der Waals surface area contributed by atoms with Gasteiger partial charge in [0.25, 0.3) is 0 Å². The molecule has 0 aliphatic carbocycles. The lowest BCUT2D eigenvalue weighted by molar-refractivity contribution is 0.126. The Hall–Kier alpha value is -0.940. The standard InChI is InChI=1S/C13H25N3O2/c1-5-8-14-10(4)11(6-2)13-15-12(16-18-13)9-17-7-3/h10-11,14H,5-9H2,1-4H3. The van der Waals surface area contributed by atoms with Gasteiger partial charge in [0.1, 0.15) is 6.61 Å². The van der Waals surface area contributed by atoms with E-state index in [9.17, 15) is 0 Å². The summed E-state index contributed by atoms with van der Waals surface area (Å²) in [6.45, 7) is 10.5. The molecule has 0 amide bonds. The Labute approximate surface area is 109 Å². The molecule has 1 heterocycles. The minimum atomic E-state index is 0.263. The molecule has 0 fully saturated rings. The molecule has 0 aliphatic heterocycles. The van der Waals surface area contributed by atoms with E-state index in [4.69, 9.17) is 9.26 Å². The Kier molecular flexibility index (Phi) is 6.90. The monoisotopic (exact) mass is 255 g/mol. The summed E-state index contributed by atoms with van der Waals surface area (Å²) in [7, 11) is 0. The van der Waals surface area contributed by atoms with Crippen LogP contribution in [-0.2, 0) is 11.3 Å². The molecule has 2 atom stereocenters. The summed E-state index contributed by atoms with van der Waals surface area (Å²) in [5, 5.41) is 7.42. The molecule has 2 unspecified atom stereocenters. The minimum Gasteiger partial charge on any atom is -0.374 e. The van der Waals surface area contributed by atoms with Crippen LogP contribution >= 0.6 is 0 Å². The van der Waals surface area contributed by atoms with E-state index in [0.29, 0.717) is 31.0 Å². The van der Waals surface area contributed by atoms with E-state index in [2.05, 4.69) is 36.2 Å². The third-order valence-corrected chi connectivity index (χ3v) is 3.00. The van der Waals surface area contributed by atoms with Gasteiger partial charge < -0.3 is 14.6 Å². The predicted octanol–water partition coefficient (Wildman–Crippen LogP) is 2.49. The summed E-state index contributed by atoms with van der Waals surface area (Å²) in [5.41, 5.74) is 0. The predicted molar refractivity (Wildman–Crippen MR) is 70.4 cm³/mol. The Bertz CT molecular complexity index is 328. The van der Waals surface area contributed by atoms with Gasteiger partial charge in [-0.3, -0.25) is 0 Å². The van der Waals surface area contributed by atoms with Crippen molar-refractivity contribution in [1.29, 1.82) is 0 Å². The second kappa shape index (κ2) is 8.21. The topological polar surface area (TPSA) is 60.2 Å². The molecule has 0 spiro atoms. The average Bonchev–Trinajstić information content (AvgIpc) is 2.83. The van der Waals surface area contributed by atoms with E-state index in [0.717, 1.165) is 19.4 Å². The number of nitrogens with one attached hydrogen (secondary N) is 1. The third kappa shape index (κ3) is 4.38. The van der Waals surface area contributed by atoms with E-state index in [-0.39, 0.29) is 5.92 Å². The van der Waals surface area contributed by atoms with Crippen molar-refractivity contribution in [3.8, 4) is 0 Å². The van der Waals surface area contributed by atoms with Crippen molar-refractivity contribution < 1.29 is 9.26 Å². The van der Waals surface area contributed by atoms with Crippen LogP contribution in [0.25, 0.3) is 0 Å². The number of ether oxygens (including phenoxy) is 1. The van der Waals surface area contributed by atoms with E-state index >= 15 is 0 Å². The summed E-state index contributed by atoms with van der Waals surface area (Å²) in [6, 6.07) is 0.343. The molecule has 5 nitrogen and oxygen atoms in total. The summed E-state index contributed by atoms with van der Waals surface area (Å²) in [6.07, 6.45) is 2.11. The molecular weight excluding hydrogens is 230 g/mol. The summed E-state index contributed by atoms with van der Waals surface area (Å²) < 4.78 is 10.6. The second-order valence-electron chi connectivity index (χ2n) is 4.44. The fourth-order valence-corrected chi connectivity index (χ4v) is 1.93. The highest BCUT2D eigenvalue weighted by Gasteiger charge is 2.23. The van der Waals surface area contributed by atoms with E-state index in [1.54, 1.807) is 0 Å². The largest absolute Gasteiger partial charge is 0.374 e. The molecular formula is C13H25N3O2. The summed E-state index contributed by atoms with van der Waals surface area (Å²) in [5.74, 6) is 1.61. The normalized spacial score (nSPS) is 14.7. The van der Waals surface area contributed by atoms with E-state index < -0.39 is 0 Å². The van der Waals surface area contributed by atoms with Crippen LogP contribution in [0.3, 0.4) is 0 Å². The molecule has 0 saturated carbocycles. The van der Waals surface area contributed by atoms with Crippen LogP contribution in [-0.4, -0.2) is 29.3 Å². The maximum atomic E-state index is 5.33. The van der Waals surface area contributed by atoms with Gasteiger partial charge in [-0.15, -0.1) is 0 Å². The number of hydrogen-bond donors (Lipinski definition) is 1. The number of rotatable bonds is 9. The highest BCUT2D eigenvalue weighted by molar-refractivity contribution is 4.97. The fraction of sp³-hybridized carbons (Fsp3) is 0.846. The lowest BCUT2D eigenvalue weighted by Gasteiger charge is -2.20. The lowest BCUT2D eigenvalue weighted by atomic mass is 9.98. The van der Waals surface area contributed by atoms with Crippen LogP contribution in [0.5, 0.6) is 0 Å². The maximum Gasteiger partial charge on any atom is 0.231 e. The van der Waals surface area contributed by atoms with Gasteiger partial charge in [-0.25, -0.2) is 0 Å². The van der Waals surface area contributed by atoms with Gasteiger partial charge in [-0.1, -0.05) is 19.0 Å².